The van der Waals surface area contributed by atoms with Crippen LogP contribution in [0.2, 0.25) is 0 Å². The molecule has 1 saturated heterocycles. The summed E-state index contributed by atoms with van der Waals surface area (Å²) < 4.78 is 2.10. The van der Waals surface area contributed by atoms with Crippen LogP contribution < -0.4 is 0 Å². The van der Waals surface area contributed by atoms with Crippen LogP contribution in [0.3, 0.4) is 0 Å². The first-order valence-electron chi connectivity index (χ1n) is 9.10. The van der Waals surface area contributed by atoms with Gasteiger partial charge >= 0.3 is 5.97 Å². The Labute approximate surface area is 148 Å². The molecule has 5 nitrogen and oxygen atoms in total. The summed E-state index contributed by atoms with van der Waals surface area (Å²) in [5.74, 6) is -0.628. The predicted molar refractivity (Wildman–Crippen MR) is 97.5 cm³/mol. The van der Waals surface area contributed by atoms with E-state index in [0.717, 1.165) is 32.2 Å². The molecule has 0 bridgehead atoms. The average molecular weight is 342 g/mol. The highest BCUT2D eigenvalue weighted by atomic mass is 16.4. The van der Waals surface area contributed by atoms with Gasteiger partial charge in [-0.1, -0.05) is 18.2 Å². The fourth-order valence-corrected chi connectivity index (χ4v) is 3.93. The van der Waals surface area contributed by atoms with Gasteiger partial charge in [-0.15, -0.1) is 0 Å². The third-order valence-corrected chi connectivity index (χ3v) is 5.23. The number of fused-ring (bicyclic) bond motifs is 1. The maximum atomic E-state index is 12.7. The fraction of sp³-hybridized carbons (Fsp3) is 0.500. The van der Waals surface area contributed by atoms with Gasteiger partial charge in [-0.25, -0.2) is 0 Å². The third kappa shape index (κ3) is 4.03. The SMILES string of the molecule is Cn1cc(CCC(=O)N2CCCC[C@H]2CCC(=O)O)c2ccccc21. The Balaban J connectivity index is 1.65. The first-order chi connectivity index (χ1) is 12.1. The van der Waals surface area contributed by atoms with Crippen molar-refractivity contribution in [3.05, 3.63) is 36.0 Å². The van der Waals surface area contributed by atoms with Gasteiger partial charge in [-0.3, -0.25) is 9.59 Å². The summed E-state index contributed by atoms with van der Waals surface area (Å²) in [5.41, 5.74) is 2.38. The second-order valence-electron chi connectivity index (χ2n) is 6.95. The maximum Gasteiger partial charge on any atom is 0.303 e. The summed E-state index contributed by atoms with van der Waals surface area (Å²) in [5, 5.41) is 10.1. The van der Waals surface area contributed by atoms with E-state index in [1.165, 1.54) is 16.5 Å². The molecular formula is C20H26N2O3. The summed E-state index contributed by atoms with van der Waals surface area (Å²) >= 11 is 0. The zero-order valence-corrected chi connectivity index (χ0v) is 14.8. The van der Waals surface area contributed by atoms with Crippen LogP contribution in [0.25, 0.3) is 10.9 Å². The normalized spacial score (nSPS) is 17.8. The number of hydrogen-bond acceptors (Lipinski definition) is 2. The van der Waals surface area contributed by atoms with Crippen LogP contribution in [-0.4, -0.2) is 39.0 Å². The highest BCUT2D eigenvalue weighted by Crippen LogP contribution is 2.24. The number of nitrogens with zero attached hydrogens (tertiary/aromatic N) is 2. The second kappa shape index (κ2) is 7.72. The minimum atomic E-state index is -0.784. The van der Waals surface area contributed by atoms with Crippen molar-refractivity contribution in [1.29, 1.82) is 0 Å². The van der Waals surface area contributed by atoms with E-state index in [-0.39, 0.29) is 18.4 Å². The molecule has 134 valence electrons. The minimum Gasteiger partial charge on any atom is -0.481 e. The van der Waals surface area contributed by atoms with Gasteiger partial charge in [0.05, 0.1) is 0 Å². The smallest absolute Gasteiger partial charge is 0.303 e. The Morgan fingerprint density at radius 2 is 2.00 bits per heavy atom. The van der Waals surface area contributed by atoms with Crippen LogP contribution in [0.1, 0.15) is 44.1 Å². The van der Waals surface area contributed by atoms with Gasteiger partial charge in [0.25, 0.3) is 0 Å². The summed E-state index contributed by atoms with van der Waals surface area (Å²) in [6.07, 6.45) is 7.04. The molecule has 2 heterocycles. The Morgan fingerprint density at radius 1 is 1.20 bits per heavy atom. The lowest BCUT2D eigenvalue weighted by atomic mass is 9.97. The molecule has 1 aliphatic rings. The number of aromatic nitrogens is 1. The lowest BCUT2D eigenvalue weighted by Crippen LogP contribution is -2.44. The van der Waals surface area contributed by atoms with Gasteiger partial charge in [0.1, 0.15) is 0 Å². The van der Waals surface area contributed by atoms with Crippen molar-refractivity contribution in [2.45, 2.75) is 51.0 Å². The number of piperidine rings is 1. The van der Waals surface area contributed by atoms with Crippen molar-refractivity contribution in [2.75, 3.05) is 6.54 Å². The molecule has 3 rings (SSSR count). The predicted octanol–water partition coefficient (Wildman–Crippen LogP) is 3.36. The minimum absolute atomic E-state index is 0.0878. The quantitative estimate of drug-likeness (QED) is 0.875. The Morgan fingerprint density at radius 3 is 2.80 bits per heavy atom. The Kier molecular flexibility index (Phi) is 5.41. The van der Waals surface area contributed by atoms with E-state index >= 15 is 0 Å². The lowest BCUT2D eigenvalue weighted by Gasteiger charge is -2.35. The third-order valence-electron chi connectivity index (χ3n) is 5.23. The number of rotatable bonds is 6. The highest BCUT2D eigenvalue weighted by molar-refractivity contribution is 5.85. The number of aliphatic carboxylic acids is 1. The van der Waals surface area contributed by atoms with Crippen LogP contribution in [-0.2, 0) is 23.1 Å². The topological polar surface area (TPSA) is 62.5 Å². The Hall–Kier alpha value is -2.30. The maximum absolute atomic E-state index is 12.7. The van der Waals surface area contributed by atoms with Crippen LogP contribution in [0, 0.1) is 0 Å². The first-order valence-corrected chi connectivity index (χ1v) is 9.10. The van der Waals surface area contributed by atoms with Crippen molar-refractivity contribution in [3.63, 3.8) is 0 Å². The number of carboxylic acids is 1. The van der Waals surface area contributed by atoms with E-state index in [1.54, 1.807) is 0 Å². The van der Waals surface area contributed by atoms with Gasteiger partial charge < -0.3 is 14.6 Å². The number of benzene rings is 1. The molecule has 1 aromatic heterocycles. The molecule has 0 aliphatic carbocycles. The number of hydrogen-bond donors (Lipinski definition) is 1. The number of amides is 1. The number of aryl methyl sites for hydroxylation is 2. The Bertz CT molecular complexity index is 765. The molecule has 1 aromatic carbocycles. The molecule has 0 unspecified atom stereocenters. The molecule has 1 aliphatic heterocycles. The first kappa shape index (κ1) is 17.5. The molecule has 1 atom stereocenters. The number of carbonyl (C=O) groups is 2. The lowest BCUT2D eigenvalue weighted by molar-refractivity contribution is -0.140. The molecule has 0 spiro atoms. The number of likely N-dealkylation sites (tertiary alicyclic amines) is 1. The zero-order chi connectivity index (χ0) is 17.8. The van der Waals surface area contributed by atoms with E-state index in [1.807, 2.05) is 24.1 Å². The summed E-state index contributed by atoms with van der Waals surface area (Å²) in [6, 6.07) is 8.34. The molecule has 0 radical (unpaired) electrons. The fourth-order valence-electron chi connectivity index (χ4n) is 3.93. The largest absolute Gasteiger partial charge is 0.481 e. The number of carbonyl (C=O) groups excluding carboxylic acids is 1. The van der Waals surface area contributed by atoms with E-state index in [9.17, 15) is 9.59 Å². The molecule has 1 fully saturated rings. The molecule has 1 N–H and O–H groups in total. The van der Waals surface area contributed by atoms with E-state index in [2.05, 4.69) is 22.9 Å². The van der Waals surface area contributed by atoms with Crippen LogP contribution >= 0.6 is 0 Å². The van der Waals surface area contributed by atoms with E-state index in [0.29, 0.717) is 12.8 Å². The molecule has 1 amide bonds. The van der Waals surface area contributed by atoms with E-state index < -0.39 is 5.97 Å². The van der Waals surface area contributed by atoms with Crippen LogP contribution in [0.4, 0.5) is 0 Å². The standard InChI is InChI=1S/C20H26N2O3/c1-21-14-15(17-7-2-3-8-18(17)21)9-11-19(23)22-13-5-4-6-16(22)10-12-20(24)25/h2-3,7-8,14,16H,4-6,9-13H2,1H3,(H,24,25)/t16-/m0/s1. The second-order valence-corrected chi connectivity index (χ2v) is 6.95. The average Bonchev–Trinajstić information content (AvgIpc) is 2.94. The van der Waals surface area contributed by atoms with Gasteiger partial charge in [-0.05, 0) is 43.7 Å². The van der Waals surface area contributed by atoms with Crippen molar-refractivity contribution >= 4 is 22.8 Å². The van der Waals surface area contributed by atoms with E-state index in [4.69, 9.17) is 5.11 Å². The van der Waals surface area contributed by atoms with Crippen molar-refractivity contribution < 1.29 is 14.7 Å². The highest BCUT2D eigenvalue weighted by Gasteiger charge is 2.26. The van der Waals surface area contributed by atoms with Crippen LogP contribution in [0.5, 0.6) is 0 Å². The molecule has 0 saturated carbocycles. The summed E-state index contributed by atoms with van der Waals surface area (Å²) in [7, 11) is 2.03. The monoisotopic (exact) mass is 342 g/mol. The number of carboxylic acid groups (broad SMARTS) is 1. The van der Waals surface area contributed by atoms with Crippen molar-refractivity contribution in [3.8, 4) is 0 Å². The molecule has 5 heteroatoms. The number of para-hydroxylation sites is 1. The molecular weight excluding hydrogens is 316 g/mol. The van der Waals surface area contributed by atoms with Crippen LogP contribution in [0.15, 0.2) is 30.5 Å². The molecule has 2 aromatic rings. The van der Waals surface area contributed by atoms with Gasteiger partial charge in [0, 0.05) is 49.6 Å². The van der Waals surface area contributed by atoms with Gasteiger partial charge in [0.2, 0.25) is 5.91 Å². The van der Waals surface area contributed by atoms with Gasteiger partial charge in [0.15, 0.2) is 0 Å². The summed E-state index contributed by atoms with van der Waals surface area (Å²) in [4.78, 5) is 25.5. The van der Waals surface area contributed by atoms with Crippen molar-refractivity contribution in [2.24, 2.45) is 7.05 Å². The molecule has 25 heavy (non-hydrogen) atoms. The van der Waals surface area contributed by atoms with Crippen molar-refractivity contribution in [1.82, 2.24) is 9.47 Å². The van der Waals surface area contributed by atoms with Gasteiger partial charge in [-0.2, -0.15) is 0 Å². The summed E-state index contributed by atoms with van der Waals surface area (Å²) in [6.45, 7) is 0.763. The zero-order valence-electron chi connectivity index (χ0n) is 14.8.